The molecule has 0 radical (unpaired) electrons. The molecule has 0 spiro atoms. The van der Waals surface area contributed by atoms with Crippen LogP contribution in [0.15, 0.2) is 23.1 Å². The second-order valence-electron chi connectivity index (χ2n) is 6.36. The van der Waals surface area contributed by atoms with Crippen LogP contribution in [0.25, 0.3) is 0 Å². The molecule has 5 nitrogen and oxygen atoms in total. The van der Waals surface area contributed by atoms with Crippen LogP contribution in [0, 0.1) is 5.41 Å². The first-order chi connectivity index (χ1) is 9.19. The van der Waals surface area contributed by atoms with E-state index in [2.05, 4.69) is 19.2 Å². The quantitative estimate of drug-likeness (QED) is 0.745. The van der Waals surface area contributed by atoms with E-state index in [1.807, 2.05) is 0 Å². The summed E-state index contributed by atoms with van der Waals surface area (Å²) in [5.41, 5.74) is 7.10. The highest BCUT2D eigenvalue weighted by Crippen LogP contribution is 2.37. The van der Waals surface area contributed by atoms with Gasteiger partial charge in [0.2, 0.25) is 10.0 Å². The summed E-state index contributed by atoms with van der Waals surface area (Å²) in [6.45, 7) is 4.51. The van der Waals surface area contributed by atoms with Gasteiger partial charge < -0.3 is 11.1 Å². The number of nitrogen functional groups attached to an aromatic ring is 1. The van der Waals surface area contributed by atoms with Gasteiger partial charge in [0, 0.05) is 6.04 Å². The Morgan fingerprint density at radius 1 is 1.35 bits per heavy atom. The molecule has 1 unspecified atom stereocenters. The summed E-state index contributed by atoms with van der Waals surface area (Å²) < 4.78 is 22.9. The van der Waals surface area contributed by atoms with Gasteiger partial charge >= 0.3 is 0 Å². The highest BCUT2D eigenvalue weighted by molar-refractivity contribution is 7.89. The first-order valence-electron chi connectivity index (χ1n) is 6.87. The summed E-state index contributed by atoms with van der Waals surface area (Å²) in [5, 5.41) is 8.54. The molecule has 1 aliphatic carbocycles. The Kier molecular flexibility index (Phi) is 3.97. The molecule has 0 bridgehead atoms. The SMILES string of the molecule is CC1(C)CCCC(Nc2cccc(S(N)(=O)=O)c2N)C1. The van der Waals surface area contributed by atoms with Gasteiger partial charge in [-0.05, 0) is 36.8 Å². The van der Waals surface area contributed by atoms with Crippen LogP contribution in [0.3, 0.4) is 0 Å². The van der Waals surface area contributed by atoms with Crippen LogP contribution >= 0.6 is 0 Å². The fourth-order valence-electron chi connectivity index (χ4n) is 2.96. The number of hydrogen-bond acceptors (Lipinski definition) is 4. The Balaban J connectivity index is 2.22. The van der Waals surface area contributed by atoms with Crippen molar-refractivity contribution in [3.8, 4) is 0 Å². The van der Waals surface area contributed by atoms with Crippen molar-refractivity contribution < 1.29 is 8.42 Å². The maximum atomic E-state index is 11.5. The molecule has 0 amide bonds. The van der Waals surface area contributed by atoms with Crippen molar-refractivity contribution in [2.24, 2.45) is 10.6 Å². The number of nitrogens with one attached hydrogen (secondary N) is 1. The van der Waals surface area contributed by atoms with Crippen molar-refractivity contribution in [3.05, 3.63) is 18.2 Å². The lowest BCUT2D eigenvalue weighted by molar-refractivity contribution is 0.229. The Labute approximate surface area is 120 Å². The van der Waals surface area contributed by atoms with Crippen LogP contribution in [0.5, 0.6) is 0 Å². The summed E-state index contributed by atoms with van der Waals surface area (Å²) in [6.07, 6.45) is 4.51. The molecule has 1 aliphatic rings. The maximum Gasteiger partial charge on any atom is 0.240 e. The monoisotopic (exact) mass is 297 g/mol. The molecule has 6 heteroatoms. The number of benzene rings is 1. The number of hydrogen-bond donors (Lipinski definition) is 3. The maximum absolute atomic E-state index is 11.5. The summed E-state index contributed by atoms with van der Waals surface area (Å²) in [6, 6.07) is 5.20. The van der Waals surface area contributed by atoms with Gasteiger partial charge in [0.1, 0.15) is 4.90 Å². The highest BCUT2D eigenvalue weighted by atomic mass is 32.2. The molecule has 0 aliphatic heterocycles. The van der Waals surface area contributed by atoms with E-state index >= 15 is 0 Å². The van der Waals surface area contributed by atoms with Crippen LogP contribution in [0.4, 0.5) is 11.4 Å². The van der Waals surface area contributed by atoms with E-state index in [1.165, 1.54) is 18.9 Å². The van der Waals surface area contributed by atoms with E-state index < -0.39 is 10.0 Å². The molecule has 0 saturated heterocycles. The summed E-state index contributed by atoms with van der Waals surface area (Å²) in [7, 11) is -3.78. The molecule has 20 heavy (non-hydrogen) atoms. The van der Waals surface area contributed by atoms with Crippen molar-refractivity contribution in [1.82, 2.24) is 0 Å². The molecular weight excluding hydrogens is 274 g/mol. The Morgan fingerprint density at radius 3 is 2.65 bits per heavy atom. The van der Waals surface area contributed by atoms with E-state index in [0.717, 1.165) is 12.8 Å². The Bertz CT molecular complexity index is 596. The average Bonchev–Trinajstić information content (AvgIpc) is 2.29. The van der Waals surface area contributed by atoms with Gasteiger partial charge in [0.15, 0.2) is 0 Å². The van der Waals surface area contributed by atoms with E-state index in [1.54, 1.807) is 12.1 Å². The number of primary sulfonamides is 1. The van der Waals surface area contributed by atoms with Crippen LogP contribution in [-0.4, -0.2) is 14.5 Å². The molecular formula is C14H23N3O2S. The van der Waals surface area contributed by atoms with Crippen LogP contribution in [0.2, 0.25) is 0 Å². The normalized spacial score (nSPS) is 22.4. The fraction of sp³-hybridized carbons (Fsp3) is 0.571. The minimum absolute atomic E-state index is 0.0161. The van der Waals surface area contributed by atoms with E-state index in [-0.39, 0.29) is 10.6 Å². The van der Waals surface area contributed by atoms with Crippen molar-refractivity contribution in [2.45, 2.75) is 50.5 Å². The molecule has 0 aromatic heterocycles. The fourth-order valence-corrected chi connectivity index (χ4v) is 3.64. The number of para-hydroxylation sites is 1. The van der Waals surface area contributed by atoms with Crippen molar-refractivity contribution >= 4 is 21.4 Å². The van der Waals surface area contributed by atoms with Gasteiger partial charge in [-0.2, -0.15) is 0 Å². The first kappa shape index (κ1) is 15.1. The van der Waals surface area contributed by atoms with Gasteiger partial charge in [-0.1, -0.05) is 26.3 Å². The van der Waals surface area contributed by atoms with Crippen molar-refractivity contribution in [2.75, 3.05) is 11.1 Å². The molecule has 112 valence electrons. The standard InChI is InChI=1S/C14H23N3O2S/c1-14(2)8-4-5-10(9-14)17-11-6-3-7-12(13(11)15)20(16,18)19/h3,6-7,10,17H,4-5,8-9,15H2,1-2H3,(H2,16,18,19). The lowest BCUT2D eigenvalue weighted by atomic mass is 9.75. The highest BCUT2D eigenvalue weighted by Gasteiger charge is 2.28. The van der Waals surface area contributed by atoms with E-state index in [4.69, 9.17) is 10.9 Å². The predicted molar refractivity (Wildman–Crippen MR) is 81.9 cm³/mol. The van der Waals surface area contributed by atoms with Crippen molar-refractivity contribution in [3.63, 3.8) is 0 Å². The minimum atomic E-state index is -3.78. The van der Waals surface area contributed by atoms with Crippen molar-refractivity contribution in [1.29, 1.82) is 0 Å². The Morgan fingerprint density at radius 2 is 2.05 bits per heavy atom. The average molecular weight is 297 g/mol. The third kappa shape index (κ3) is 3.43. The molecule has 5 N–H and O–H groups in total. The van der Waals surface area contributed by atoms with Gasteiger partial charge in [-0.3, -0.25) is 0 Å². The number of rotatable bonds is 3. The number of anilines is 2. The smallest absolute Gasteiger partial charge is 0.240 e. The van der Waals surface area contributed by atoms with Crippen LogP contribution < -0.4 is 16.2 Å². The zero-order chi connectivity index (χ0) is 15.0. The largest absolute Gasteiger partial charge is 0.396 e. The first-order valence-corrected chi connectivity index (χ1v) is 8.41. The van der Waals surface area contributed by atoms with Gasteiger partial charge in [0.25, 0.3) is 0 Å². The number of sulfonamides is 1. The topological polar surface area (TPSA) is 98.2 Å². The predicted octanol–water partition coefficient (Wildman–Crippen LogP) is 2.30. The van der Waals surface area contributed by atoms with Crippen LogP contribution in [-0.2, 0) is 10.0 Å². The zero-order valence-corrected chi connectivity index (χ0v) is 12.8. The number of nitrogens with two attached hydrogens (primary N) is 2. The second-order valence-corrected chi connectivity index (χ2v) is 7.89. The summed E-state index contributed by atoms with van der Waals surface area (Å²) in [5.74, 6) is 0. The lowest BCUT2D eigenvalue weighted by Crippen LogP contribution is -2.32. The molecule has 1 aromatic carbocycles. The molecule has 1 fully saturated rings. The Hall–Kier alpha value is -1.27. The lowest BCUT2D eigenvalue weighted by Gasteiger charge is -2.36. The summed E-state index contributed by atoms with van der Waals surface area (Å²) >= 11 is 0. The minimum Gasteiger partial charge on any atom is -0.396 e. The van der Waals surface area contributed by atoms with E-state index in [9.17, 15) is 8.42 Å². The van der Waals surface area contributed by atoms with Gasteiger partial charge in [-0.15, -0.1) is 0 Å². The van der Waals surface area contributed by atoms with Gasteiger partial charge in [0.05, 0.1) is 11.4 Å². The molecule has 1 saturated carbocycles. The third-order valence-electron chi connectivity index (χ3n) is 3.94. The zero-order valence-electron chi connectivity index (χ0n) is 12.0. The third-order valence-corrected chi connectivity index (χ3v) is 4.91. The van der Waals surface area contributed by atoms with Crippen LogP contribution in [0.1, 0.15) is 39.5 Å². The van der Waals surface area contributed by atoms with Gasteiger partial charge in [-0.25, -0.2) is 13.6 Å². The summed E-state index contributed by atoms with van der Waals surface area (Å²) in [4.78, 5) is -0.0161. The molecule has 1 aromatic rings. The second kappa shape index (κ2) is 5.26. The molecule has 0 heterocycles. The molecule has 2 rings (SSSR count). The van der Waals surface area contributed by atoms with E-state index in [0.29, 0.717) is 17.1 Å². The molecule has 1 atom stereocenters.